The summed E-state index contributed by atoms with van der Waals surface area (Å²) in [6, 6.07) is 8.15. The van der Waals surface area contributed by atoms with Crippen LogP contribution in [0.2, 0.25) is 0 Å². The van der Waals surface area contributed by atoms with Crippen LogP contribution in [0.3, 0.4) is 0 Å². The minimum absolute atomic E-state index is 0. The summed E-state index contributed by atoms with van der Waals surface area (Å²) in [5.74, 6) is 0.00572. The first kappa shape index (κ1) is 22.1. The summed E-state index contributed by atoms with van der Waals surface area (Å²) in [6.45, 7) is 6.83. The highest BCUT2D eigenvalue weighted by atomic mass is 35.5. The number of hydrogen-bond donors (Lipinski definition) is 2. The van der Waals surface area contributed by atoms with Gasteiger partial charge in [0.25, 0.3) is 0 Å². The van der Waals surface area contributed by atoms with Crippen LogP contribution in [-0.2, 0) is 22.6 Å². The van der Waals surface area contributed by atoms with Crippen molar-refractivity contribution in [2.75, 3.05) is 26.3 Å². The molecule has 0 bridgehead atoms. The highest BCUT2D eigenvalue weighted by Gasteiger charge is 2.13. The number of ether oxygens (including phenoxy) is 1. The summed E-state index contributed by atoms with van der Waals surface area (Å²) in [4.78, 5) is 14.1. The molecule has 0 aliphatic carbocycles. The van der Waals surface area contributed by atoms with E-state index in [4.69, 9.17) is 10.5 Å². The van der Waals surface area contributed by atoms with E-state index in [2.05, 4.69) is 22.3 Å². The number of nitrogens with two attached hydrogens (primary N) is 1. The van der Waals surface area contributed by atoms with Gasteiger partial charge >= 0.3 is 0 Å². The lowest BCUT2D eigenvalue weighted by atomic mass is 10.1. The van der Waals surface area contributed by atoms with Crippen LogP contribution in [0.15, 0.2) is 24.3 Å². The number of nitrogens with one attached hydrogen (secondary N) is 1. The Bertz CT molecular complexity index is 466. The molecule has 1 aliphatic rings. The lowest BCUT2D eigenvalue weighted by Gasteiger charge is -2.27. The van der Waals surface area contributed by atoms with Crippen molar-refractivity contribution < 1.29 is 9.53 Å². The zero-order chi connectivity index (χ0) is 15.1. The van der Waals surface area contributed by atoms with Crippen LogP contribution in [0.5, 0.6) is 0 Å². The molecule has 1 fully saturated rings. The van der Waals surface area contributed by atoms with Gasteiger partial charge in [0.05, 0.1) is 13.2 Å². The fourth-order valence-corrected chi connectivity index (χ4v) is 2.44. The fraction of sp³-hybridized carbons (Fsp3) is 0.562. The molecule has 0 spiro atoms. The van der Waals surface area contributed by atoms with Crippen LogP contribution in [0.4, 0.5) is 0 Å². The first-order valence-corrected chi connectivity index (χ1v) is 7.54. The third kappa shape index (κ3) is 7.99. The number of amides is 1. The second-order valence-electron chi connectivity index (χ2n) is 5.62. The van der Waals surface area contributed by atoms with Crippen molar-refractivity contribution in [2.24, 2.45) is 5.73 Å². The van der Waals surface area contributed by atoms with Gasteiger partial charge < -0.3 is 15.8 Å². The zero-order valence-corrected chi connectivity index (χ0v) is 15.1. The Morgan fingerprint density at radius 1 is 1.26 bits per heavy atom. The smallest absolute Gasteiger partial charge is 0.221 e. The lowest BCUT2D eigenvalue weighted by molar-refractivity contribution is -0.121. The van der Waals surface area contributed by atoms with E-state index < -0.39 is 0 Å². The molecule has 1 aromatic rings. The van der Waals surface area contributed by atoms with E-state index in [0.29, 0.717) is 13.0 Å². The molecule has 1 heterocycles. The molecule has 1 amide bonds. The lowest BCUT2D eigenvalue weighted by Crippen LogP contribution is -2.36. The number of benzene rings is 1. The molecular formula is C16H27Cl2N3O2. The van der Waals surface area contributed by atoms with Gasteiger partial charge in [0, 0.05) is 38.6 Å². The maximum absolute atomic E-state index is 11.7. The maximum Gasteiger partial charge on any atom is 0.221 e. The fourth-order valence-electron chi connectivity index (χ4n) is 2.44. The number of morpholine rings is 1. The Hall–Kier alpha value is -0.850. The number of rotatable bonds is 6. The first-order chi connectivity index (χ1) is 10.1. The molecule has 1 aromatic carbocycles. The monoisotopic (exact) mass is 363 g/mol. The van der Waals surface area contributed by atoms with Crippen LogP contribution in [0, 0.1) is 0 Å². The van der Waals surface area contributed by atoms with Crippen molar-refractivity contribution in [1.29, 1.82) is 0 Å². The summed E-state index contributed by atoms with van der Waals surface area (Å²) in [5.41, 5.74) is 8.07. The van der Waals surface area contributed by atoms with Gasteiger partial charge in [-0.05, 0) is 18.1 Å². The number of halogens is 2. The van der Waals surface area contributed by atoms with Crippen LogP contribution in [0.1, 0.15) is 24.5 Å². The van der Waals surface area contributed by atoms with Crippen molar-refractivity contribution in [3.63, 3.8) is 0 Å². The van der Waals surface area contributed by atoms with Gasteiger partial charge in [-0.1, -0.05) is 24.3 Å². The predicted molar refractivity (Wildman–Crippen MR) is 97.1 cm³/mol. The van der Waals surface area contributed by atoms with Gasteiger partial charge in [0.15, 0.2) is 0 Å². The van der Waals surface area contributed by atoms with E-state index in [0.717, 1.165) is 32.8 Å². The van der Waals surface area contributed by atoms with Gasteiger partial charge in [0.2, 0.25) is 5.91 Å². The molecule has 0 saturated carbocycles. The maximum atomic E-state index is 11.7. The molecule has 3 N–H and O–H groups in total. The Kier molecular flexibility index (Phi) is 11.2. The summed E-state index contributed by atoms with van der Waals surface area (Å²) in [7, 11) is 0. The van der Waals surface area contributed by atoms with Crippen LogP contribution in [-0.4, -0.2) is 43.2 Å². The highest BCUT2D eigenvalue weighted by Crippen LogP contribution is 2.13. The largest absolute Gasteiger partial charge is 0.379 e. The van der Waals surface area contributed by atoms with Crippen LogP contribution >= 0.6 is 24.8 Å². The molecule has 7 heteroatoms. The third-order valence-electron chi connectivity index (χ3n) is 3.60. The van der Waals surface area contributed by atoms with Crippen molar-refractivity contribution in [3.05, 3.63) is 35.4 Å². The predicted octanol–water partition coefficient (Wildman–Crippen LogP) is 1.72. The standard InChI is InChI=1S/C16H25N3O2.2ClH/c1-13(17)10-16(20)18-11-14-4-2-3-5-15(14)12-19-6-8-21-9-7-19;;/h2-5,13H,6-12,17H2,1H3,(H,18,20);2*1H. The minimum Gasteiger partial charge on any atom is -0.379 e. The molecular weight excluding hydrogens is 337 g/mol. The number of carbonyl (C=O) groups excluding carboxylic acids is 1. The minimum atomic E-state index is -0.103. The normalized spacial score (nSPS) is 15.9. The molecule has 23 heavy (non-hydrogen) atoms. The van der Waals surface area contributed by atoms with Gasteiger partial charge in [0.1, 0.15) is 0 Å². The number of nitrogens with zero attached hydrogens (tertiary/aromatic N) is 1. The van der Waals surface area contributed by atoms with Gasteiger partial charge in [-0.2, -0.15) is 0 Å². The van der Waals surface area contributed by atoms with E-state index in [1.807, 2.05) is 19.1 Å². The average Bonchev–Trinajstić information content (AvgIpc) is 2.47. The number of hydrogen-bond acceptors (Lipinski definition) is 4. The Labute approximate surface area is 150 Å². The SMILES string of the molecule is CC(N)CC(=O)NCc1ccccc1CN1CCOCC1.Cl.Cl. The molecule has 1 saturated heterocycles. The molecule has 2 rings (SSSR count). The Balaban J connectivity index is 0.00000242. The van der Waals surface area contributed by atoms with Gasteiger partial charge in [-0.15, -0.1) is 24.8 Å². The van der Waals surface area contributed by atoms with E-state index in [1.165, 1.54) is 11.1 Å². The zero-order valence-electron chi connectivity index (χ0n) is 13.5. The summed E-state index contributed by atoms with van der Waals surface area (Å²) < 4.78 is 5.37. The van der Waals surface area contributed by atoms with Crippen LogP contribution in [0.25, 0.3) is 0 Å². The molecule has 1 aliphatic heterocycles. The average molecular weight is 364 g/mol. The Morgan fingerprint density at radius 2 is 1.87 bits per heavy atom. The Morgan fingerprint density at radius 3 is 2.48 bits per heavy atom. The molecule has 1 atom stereocenters. The second-order valence-corrected chi connectivity index (χ2v) is 5.62. The van der Waals surface area contributed by atoms with E-state index >= 15 is 0 Å². The summed E-state index contributed by atoms with van der Waals surface area (Å²) in [5, 5.41) is 2.95. The van der Waals surface area contributed by atoms with E-state index in [1.54, 1.807) is 0 Å². The molecule has 1 unspecified atom stereocenters. The van der Waals surface area contributed by atoms with Crippen molar-refractivity contribution in [3.8, 4) is 0 Å². The van der Waals surface area contributed by atoms with Gasteiger partial charge in [-0.25, -0.2) is 0 Å². The van der Waals surface area contributed by atoms with Crippen molar-refractivity contribution in [2.45, 2.75) is 32.5 Å². The van der Waals surface area contributed by atoms with Gasteiger partial charge in [-0.3, -0.25) is 9.69 Å². The first-order valence-electron chi connectivity index (χ1n) is 7.54. The topological polar surface area (TPSA) is 67.6 Å². The highest BCUT2D eigenvalue weighted by molar-refractivity contribution is 5.85. The summed E-state index contributed by atoms with van der Waals surface area (Å²) >= 11 is 0. The number of carbonyl (C=O) groups is 1. The van der Waals surface area contributed by atoms with Crippen LogP contribution < -0.4 is 11.1 Å². The van der Waals surface area contributed by atoms with Crippen molar-refractivity contribution >= 4 is 30.7 Å². The third-order valence-corrected chi connectivity index (χ3v) is 3.60. The molecule has 0 radical (unpaired) electrons. The van der Waals surface area contributed by atoms with E-state index in [-0.39, 0.29) is 36.8 Å². The summed E-state index contributed by atoms with van der Waals surface area (Å²) in [6.07, 6.45) is 0.367. The van der Waals surface area contributed by atoms with Crippen molar-refractivity contribution in [1.82, 2.24) is 10.2 Å². The molecule has 132 valence electrons. The second kappa shape index (κ2) is 11.6. The quantitative estimate of drug-likeness (QED) is 0.807. The molecule has 0 aromatic heterocycles. The molecule has 5 nitrogen and oxygen atoms in total. The van der Waals surface area contributed by atoms with E-state index in [9.17, 15) is 4.79 Å².